The van der Waals surface area contributed by atoms with Gasteiger partial charge in [-0.3, -0.25) is 4.79 Å². The van der Waals surface area contributed by atoms with Crippen molar-refractivity contribution in [2.75, 3.05) is 39.3 Å². The van der Waals surface area contributed by atoms with Gasteiger partial charge in [0.05, 0.1) is 5.56 Å². The lowest BCUT2D eigenvalue weighted by atomic mass is 10.1. The fraction of sp³-hybridized carbons (Fsp3) is 0.438. The van der Waals surface area contributed by atoms with Gasteiger partial charge in [0, 0.05) is 49.8 Å². The maximum absolute atomic E-state index is 12.2. The van der Waals surface area contributed by atoms with Crippen molar-refractivity contribution in [3.63, 3.8) is 0 Å². The van der Waals surface area contributed by atoms with Crippen LogP contribution in [0.3, 0.4) is 0 Å². The van der Waals surface area contributed by atoms with Crippen LogP contribution in [0.25, 0.3) is 10.9 Å². The van der Waals surface area contributed by atoms with Crippen molar-refractivity contribution in [2.24, 2.45) is 0 Å². The summed E-state index contributed by atoms with van der Waals surface area (Å²) in [5.74, 6) is 0.00719. The van der Waals surface area contributed by atoms with E-state index in [1.807, 2.05) is 24.3 Å². The van der Waals surface area contributed by atoms with Crippen molar-refractivity contribution in [2.45, 2.75) is 6.42 Å². The molecule has 1 saturated heterocycles. The van der Waals surface area contributed by atoms with Crippen LogP contribution < -0.4 is 10.6 Å². The summed E-state index contributed by atoms with van der Waals surface area (Å²) in [6.45, 7) is 6.13. The third-order valence-corrected chi connectivity index (χ3v) is 3.98. The second kappa shape index (κ2) is 6.74. The first-order chi connectivity index (χ1) is 10.3. The maximum atomic E-state index is 12.2. The van der Waals surface area contributed by atoms with Crippen molar-refractivity contribution >= 4 is 16.8 Å². The molecule has 0 aliphatic carbocycles. The lowest BCUT2D eigenvalue weighted by Gasteiger charge is -2.27. The molecule has 1 aliphatic rings. The number of piperazine rings is 1. The predicted molar refractivity (Wildman–Crippen MR) is 84.6 cm³/mol. The normalized spacial score (nSPS) is 16.2. The number of aromatic amines is 1. The molecule has 1 amide bonds. The molecule has 3 N–H and O–H groups in total. The van der Waals surface area contributed by atoms with E-state index in [1.165, 1.54) is 0 Å². The van der Waals surface area contributed by atoms with Crippen LogP contribution in [0.4, 0.5) is 0 Å². The summed E-state index contributed by atoms with van der Waals surface area (Å²) in [6, 6.07) is 7.88. The van der Waals surface area contributed by atoms with E-state index in [-0.39, 0.29) is 5.91 Å². The van der Waals surface area contributed by atoms with Crippen molar-refractivity contribution in [3.05, 3.63) is 36.0 Å². The molecule has 0 bridgehead atoms. The number of nitrogens with zero attached hydrogens (tertiary/aromatic N) is 1. The summed E-state index contributed by atoms with van der Waals surface area (Å²) in [5.41, 5.74) is 1.73. The molecule has 5 nitrogen and oxygen atoms in total. The number of amides is 1. The number of benzene rings is 1. The molecule has 5 heteroatoms. The summed E-state index contributed by atoms with van der Waals surface area (Å²) in [4.78, 5) is 17.8. The number of hydrogen-bond acceptors (Lipinski definition) is 3. The highest BCUT2D eigenvalue weighted by molar-refractivity contribution is 6.06. The van der Waals surface area contributed by atoms with Crippen molar-refractivity contribution < 1.29 is 4.79 Å². The lowest BCUT2D eigenvalue weighted by molar-refractivity contribution is 0.0953. The molecule has 0 spiro atoms. The molecular weight excluding hydrogens is 264 g/mol. The fourth-order valence-corrected chi connectivity index (χ4v) is 2.79. The Balaban J connectivity index is 1.48. The highest BCUT2D eigenvalue weighted by Crippen LogP contribution is 2.17. The Morgan fingerprint density at radius 3 is 2.90 bits per heavy atom. The van der Waals surface area contributed by atoms with Gasteiger partial charge in [-0.25, -0.2) is 0 Å². The molecule has 1 aromatic heterocycles. The molecule has 1 aliphatic heterocycles. The van der Waals surface area contributed by atoms with Crippen LogP contribution >= 0.6 is 0 Å². The van der Waals surface area contributed by atoms with E-state index in [4.69, 9.17) is 0 Å². The molecule has 0 unspecified atom stereocenters. The molecule has 2 heterocycles. The Bertz CT molecular complexity index is 601. The van der Waals surface area contributed by atoms with Crippen LogP contribution in [-0.4, -0.2) is 55.1 Å². The summed E-state index contributed by atoms with van der Waals surface area (Å²) in [7, 11) is 0. The second-order valence-electron chi connectivity index (χ2n) is 5.45. The first-order valence-electron chi connectivity index (χ1n) is 7.62. The van der Waals surface area contributed by atoms with E-state index in [1.54, 1.807) is 6.20 Å². The molecule has 112 valence electrons. The van der Waals surface area contributed by atoms with Crippen LogP contribution in [0.2, 0.25) is 0 Å². The third kappa shape index (κ3) is 3.43. The Morgan fingerprint density at radius 2 is 2.05 bits per heavy atom. The number of nitrogens with one attached hydrogen (secondary N) is 3. The Kier molecular flexibility index (Phi) is 4.52. The molecule has 3 rings (SSSR count). The molecule has 0 radical (unpaired) electrons. The van der Waals surface area contributed by atoms with Gasteiger partial charge < -0.3 is 20.5 Å². The largest absolute Gasteiger partial charge is 0.360 e. The van der Waals surface area contributed by atoms with Crippen LogP contribution in [0, 0.1) is 0 Å². The highest BCUT2D eigenvalue weighted by atomic mass is 16.1. The number of aromatic nitrogens is 1. The Hall–Kier alpha value is -1.85. The molecule has 1 aromatic carbocycles. The van der Waals surface area contributed by atoms with Crippen LogP contribution in [0.5, 0.6) is 0 Å². The average Bonchev–Trinajstić information content (AvgIpc) is 2.96. The molecule has 2 aromatic rings. The van der Waals surface area contributed by atoms with E-state index >= 15 is 0 Å². The number of fused-ring (bicyclic) bond motifs is 1. The van der Waals surface area contributed by atoms with Gasteiger partial charge >= 0.3 is 0 Å². The van der Waals surface area contributed by atoms with E-state index in [2.05, 4.69) is 20.5 Å². The van der Waals surface area contributed by atoms with Gasteiger partial charge in [0.15, 0.2) is 0 Å². The lowest BCUT2D eigenvalue weighted by Crippen LogP contribution is -2.44. The van der Waals surface area contributed by atoms with Crippen molar-refractivity contribution in [1.82, 2.24) is 20.5 Å². The monoisotopic (exact) mass is 286 g/mol. The van der Waals surface area contributed by atoms with E-state index in [9.17, 15) is 4.79 Å². The quantitative estimate of drug-likeness (QED) is 0.724. The zero-order valence-corrected chi connectivity index (χ0v) is 12.2. The smallest absolute Gasteiger partial charge is 0.253 e. The number of para-hydroxylation sites is 1. The van der Waals surface area contributed by atoms with Crippen molar-refractivity contribution in [3.8, 4) is 0 Å². The molecule has 0 atom stereocenters. The number of hydrogen-bond donors (Lipinski definition) is 3. The van der Waals surface area contributed by atoms with Gasteiger partial charge in [-0.1, -0.05) is 18.2 Å². The summed E-state index contributed by atoms with van der Waals surface area (Å²) in [6.07, 6.45) is 2.78. The van der Waals surface area contributed by atoms with Crippen LogP contribution in [-0.2, 0) is 0 Å². The molecule has 1 fully saturated rings. The maximum Gasteiger partial charge on any atom is 0.253 e. The van der Waals surface area contributed by atoms with Gasteiger partial charge in [0.2, 0.25) is 0 Å². The molecular formula is C16H22N4O. The van der Waals surface area contributed by atoms with Gasteiger partial charge in [-0.2, -0.15) is 0 Å². The summed E-state index contributed by atoms with van der Waals surface area (Å²) >= 11 is 0. The van der Waals surface area contributed by atoms with Gasteiger partial charge in [-0.15, -0.1) is 0 Å². The highest BCUT2D eigenvalue weighted by Gasteiger charge is 2.12. The summed E-state index contributed by atoms with van der Waals surface area (Å²) in [5, 5.41) is 7.34. The minimum atomic E-state index is 0.00719. The zero-order chi connectivity index (χ0) is 14.5. The van der Waals surface area contributed by atoms with E-state index in [0.29, 0.717) is 0 Å². The third-order valence-electron chi connectivity index (χ3n) is 3.98. The first kappa shape index (κ1) is 14.1. The van der Waals surface area contributed by atoms with E-state index in [0.717, 1.165) is 62.2 Å². The average molecular weight is 286 g/mol. The van der Waals surface area contributed by atoms with Gasteiger partial charge in [-0.05, 0) is 19.0 Å². The second-order valence-corrected chi connectivity index (χ2v) is 5.45. The minimum absolute atomic E-state index is 0.00719. The molecule has 21 heavy (non-hydrogen) atoms. The first-order valence-corrected chi connectivity index (χ1v) is 7.62. The van der Waals surface area contributed by atoms with Crippen LogP contribution in [0.1, 0.15) is 16.8 Å². The Morgan fingerprint density at radius 1 is 1.24 bits per heavy atom. The SMILES string of the molecule is O=C(NCCCN1CCNCC1)c1c[nH]c2ccccc12. The Labute approximate surface area is 124 Å². The van der Waals surface area contributed by atoms with Crippen molar-refractivity contribution in [1.29, 1.82) is 0 Å². The number of H-pyrrole nitrogens is 1. The zero-order valence-electron chi connectivity index (χ0n) is 12.2. The fourth-order valence-electron chi connectivity index (χ4n) is 2.79. The standard InChI is InChI=1S/C16H22N4O/c21-16(14-12-19-15-5-2-1-4-13(14)15)18-6-3-9-20-10-7-17-8-11-20/h1-2,4-5,12,17,19H,3,6-11H2,(H,18,21). The topological polar surface area (TPSA) is 60.2 Å². The minimum Gasteiger partial charge on any atom is -0.360 e. The predicted octanol–water partition coefficient (Wildman–Crippen LogP) is 1.19. The van der Waals surface area contributed by atoms with Crippen LogP contribution in [0.15, 0.2) is 30.5 Å². The van der Waals surface area contributed by atoms with Gasteiger partial charge in [0.25, 0.3) is 5.91 Å². The number of rotatable bonds is 5. The number of carbonyl (C=O) groups excluding carboxylic acids is 1. The molecule has 0 saturated carbocycles. The van der Waals surface area contributed by atoms with E-state index < -0.39 is 0 Å². The number of carbonyl (C=O) groups is 1. The summed E-state index contributed by atoms with van der Waals surface area (Å²) < 4.78 is 0. The van der Waals surface area contributed by atoms with Gasteiger partial charge in [0.1, 0.15) is 0 Å².